The molecule has 0 unspecified atom stereocenters. The molecule has 0 fully saturated rings. The highest BCUT2D eigenvalue weighted by molar-refractivity contribution is 7.91. The Hall–Kier alpha value is -1.72. The Balaban J connectivity index is 2.50. The highest BCUT2D eigenvalue weighted by Gasteiger charge is 2.17. The van der Waals surface area contributed by atoms with Crippen molar-refractivity contribution >= 4 is 9.84 Å². The summed E-state index contributed by atoms with van der Waals surface area (Å²) in [7, 11) is -3.61. The summed E-state index contributed by atoms with van der Waals surface area (Å²) in [6, 6.07) is 11.2. The van der Waals surface area contributed by atoms with E-state index in [0.29, 0.717) is 0 Å². The van der Waals surface area contributed by atoms with Crippen LogP contribution in [0.2, 0.25) is 0 Å². The molecule has 0 saturated heterocycles. The van der Waals surface area contributed by atoms with Gasteiger partial charge in [0.05, 0.1) is 9.79 Å². The van der Waals surface area contributed by atoms with Crippen LogP contribution in [0.4, 0.5) is 4.39 Å². The number of halogens is 1. The molecule has 2 aromatic rings. The van der Waals surface area contributed by atoms with Crippen LogP contribution in [-0.2, 0) is 16.4 Å². The van der Waals surface area contributed by atoms with Gasteiger partial charge in [0, 0.05) is 6.54 Å². The Morgan fingerprint density at radius 2 is 1.67 bits per heavy atom. The second-order valence-corrected chi connectivity index (χ2v) is 5.76. The molecule has 18 heavy (non-hydrogen) atoms. The molecule has 2 rings (SSSR count). The molecule has 0 atom stereocenters. The quantitative estimate of drug-likeness (QED) is 0.865. The van der Waals surface area contributed by atoms with Crippen molar-refractivity contribution in [3.8, 4) is 0 Å². The third kappa shape index (κ3) is 2.42. The van der Waals surface area contributed by atoms with Gasteiger partial charge in [-0.3, -0.25) is 0 Å². The van der Waals surface area contributed by atoms with E-state index in [-0.39, 0.29) is 16.3 Å². The molecule has 94 valence electrons. The predicted octanol–water partition coefficient (Wildman–Crippen LogP) is 2.12. The lowest BCUT2D eigenvalue weighted by Crippen LogP contribution is -2.04. The lowest BCUT2D eigenvalue weighted by atomic mass is 10.2. The fourth-order valence-corrected chi connectivity index (χ4v) is 2.92. The Morgan fingerprint density at radius 3 is 2.28 bits per heavy atom. The highest BCUT2D eigenvalue weighted by Crippen LogP contribution is 2.21. The number of hydrogen-bond acceptors (Lipinski definition) is 3. The molecule has 0 aromatic heterocycles. The van der Waals surface area contributed by atoms with Gasteiger partial charge in [-0.2, -0.15) is 0 Å². The first kappa shape index (κ1) is 12.7. The zero-order valence-electron chi connectivity index (χ0n) is 9.51. The van der Waals surface area contributed by atoms with Gasteiger partial charge in [-0.05, 0) is 42.0 Å². The van der Waals surface area contributed by atoms with E-state index in [1.807, 2.05) is 0 Å². The summed E-state index contributed by atoms with van der Waals surface area (Å²) in [6.07, 6.45) is 0. The van der Waals surface area contributed by atoms with Crippen LogP contribution in [0.5, 0.6) is 0 Å². The molecule has 0 amide bonds. The second-order valence-electron chi connectivity index (χ2n) is 3.81. The van der Waals surface area contributed by atoms with Gasteiger partial charge in [0.15, 0.2) is 0 Å². The van der Waals surface area contributed by atoms with Crippen LogP contribution in [0.3, 0.4) is 0 Å². The summed E-state index contributed by atoms with van der Waals surface area (Å²) in [5.41, 5.74) is 6.21. The van der Waals surface area contributed by atoms with E-state index in [2.05, 4.69) is 0 Å². The van der Waals surface area contributed by atoms with E-state index in [1.54, 1.807) is 12.1 Å². The lowest BCUT2D eigenvalue weighted by Gasteiger charge is -2.06. The van der Waals surface area contributed by atoms with E-state index in [1.165, 1.54) is 24.3 Å². The van der Waals surface area contributed by atoms with Crippen molar-refractivity contribution in [2.24, 2.45) is 5.73 Å². The Labute approximate surface area is 105 Å². The van der Waals surface area contributed by atoms with Gasteiger partial charge in [-0.15, -0.1) is 0 Å². The van der Waals surface area contributed by atoms with E-state index < -0.39 is 15.7 Å². The van der Waals surface area contributed by atoms with Gasteiger partial charge < -0.3 is 5.73 Å². The van der Waals surface area contributed by atoms with Crippen LogP contribution in [-0.4, -0.2) is 8.42 Å². The number of nitrogens with two attached hydrogens (primary N) is 1. The van der Waals surface area contributed by atoms with E-state index in [4.69, 9.17) is 5.73 Å². The molecule has 3 nitrogen and oxygen atoms in total. The molecule has 0 aliphatic heterocycles. The minimum absolute atomic E-state index is 0.0677. The predicted molar refractivity (Wildman–Crippen MR) is 66.2 cm³/mol. The zero-order valence-corrected chi connectivity index (χ0v) is 10.3. The topological polar surface area (TPSA) is 60.2 Å². The fraction of sp³-hybridized carbons (Fsp3) is 0.0769. The molecular formula is C13H12FNO2S. The third-order valence-electron chi connectivity index (χ3n) is 2.57. The van der Waals surface area contributed by atoms with Crippen molar-refractivity contribution in [3.05, 3.63) is 59.9 Å². The molecule has 0 bridgehead atoms. The summed E-state index contributed by atoms with van der Waals surface area (Å²) in [5.74, 6) is -0.468. The largest absolute Gasteiger partial charge is 0.326 e. The Kier molecular flexibility index (Phi) is 3.45. The minimum atomic E-state index is -3.61. The molecule has 2 N–H and O–H groups in total. The van der Waals surface area contributed by atoms with Gasteiger partial charge in [-0.1, -0.05) is 12.1 Å². The lowest BCUT2D eigenvalue weighted by molar-refractivity contribution is 0.594. The molecule has 0 heterocycles. The monoisotopic (exact) mass is 265 g/mol. The van der Waals surface area contributed by atoms with Crippen LogP contribution < -0.4 is 5.73 Å². The van der Waals surface area contributed by atoms with Crippen molar-refractivity contribution < 1.29 is 12.8 Å². The highest BCUT2D eigenvalue weighted by atomic mass is 32.2. The first-order valence-corrected chi connectivity index (χ1v) is 6.82. The number of rotatable bonds is 3. The Bertz CT molecular complexity index is 651. The van der Waals surface area contributed by atoms with Crippen LogP contribution in [0.25, 0.3) is 0 Å². The standard InChI is InChI=1S/C13H12FNO2S/c14-11-4-6-12(7-5-11)18(16,17)13-3-1-2-10(8-13)9-15/h1-8H,9,15H2. The average molecular weight is 265 g/mol. The SMILES string of the molecule is NCc1cccc(S(=O)(=O)c2ccc(F)cc2)c1. The maximum Gasteiger partial charge on any atom is 0.206 e. The number of sulfone groups is 1. The van der Waals surface area contributed by atoms with Gasteiger partial charge in [0.25, 0.3) is 0 Å². The molecule has 0 spiro atoms. The second kappa shape index (κ2) is 4.88. The zero-order chi connectivity index (χ0) is 13.2. The normalized spacial score (nSPS) is 11.4. The first-order chi connectivity index (χ1) is 8.54. The van der Waals surface area contributed by atoms with Crippen molar-refractivity contribution in [1.82, 2.24) is 0 Å². The van der Waals surface area contributed by atoms with Gasteiger partial charge in [-0.25, -0.2) is 12.8 Å². The summed E-state index contributed by atoms with van der Waals surface area (Å²) >= 11 is 0. The molecule has 2 aromatic carbocycles. The number of benzene rings is 2. The van der Waals surface area contributed by atoms with E-state index >= 15 is 0 Å². The van der Waals surface area contributed by atoms with Crippen LogP contribution in [0, 0.1) is 5.82 Å². The molecule has 0 aliphatic carbocycles. The Morgan fingerprint density at radius 1 is 1.00 bits per heavy atom. The van der Waals surface area contributed by atoms with Crippen molar-refractivity contribution in [3.63, 3.8) is 0 Å². The summed E-state index contributed by atoms with van der Waals surface area (Å²) in [4.78, 5) is 0.232. The average Bonchev–Trinajstić information content (AvgIpc) is 2.39. The molecule has 0 radical (unpaired) electrons. The molecule has 5 heteroatoms. The summed E-state index contributed by atoms with van der Waals surface area (Å²) in [5, 5.41) is 0. The fourth-order valence-electron chi connectivity index (χ4n) is 1.59. The minimum Gasteiger partial charge on any atom is -0.326 e. The van der Waals surface area contributed by atoms with Crippen molar-refractivity contribution in [2.75, 3.05) is 0 Å². The van der Waals surface area contributed by atoms with Crippen molar-refractivity contribution in [1.29, 1.82) is 0 Å². The summed E-state index contributed by atoms with van der Waals surface area (Å²) in [6.45, 7) is 0.271. The maximum atomic E-state index is 12.8. The van der Waals surface area contributed by atoms with Gasteiger partial charge >= 0.3 is 0 Å². The molecule has 0 saturated carbocycles. The molecule has 0 aliphatic rings. The molecular weight excluding hydrogens is 253 g/mol. The number of hydrogen-bond donors (Lipinski definition) is 1. The third-order valence-corrected chi connectivity index (χ3v) is 4.34. The van der Waals surface area contributed by atoms with Gasteiger partial charge in [0.2, 0.25) is 9.84 Å². The first-order valence-electron chi connectivity index (χ1n) is 5.34. The van der Waals surface area contributed by atoms with Crippen LogP contribution in [0.15, 0.2) is 58.3 Å². The van der Waals surface area contributed by atoms with Crippen LogP contribution >= 0.6 is 0 Å². The van der Waals surface area contributed by atoms with E-state index in [9.17, 15) is 12.8 Å². The van der Waals surface area contributed by atoms with Gasteiger partial charge in [0.1, 0.15) is 5.82 Å². The van der Waals surface area contributed by atoms with E-state index in [0.717, 1.165) is 17.7 Å². The van der Waals surface area contributed by atoms with Crippen LogP contribution in [0.1, 0.15) is 5.56 Å². The smallest absolute Gasteiger partial charge is 0.206 e. The summed E-state index contributed by atoms with van der Waals surface area (Å²) < 4.78 is 37.3. The maximum absolute atomic E-state index is 12.8. The van der Waals surface area contributed by atoms with Crippen molar-refractivity contribution in [2.45, 2.75) is 16.3 Å².